The Balaban J connectivity index is 2.11. The highest BCUT2D eigenvalue weighted by molar-refractivity contribution is 5.97. The Morgan fingerprint density at radius 3 is 3.41 bits per heavy atom. The molecule has 0 atom stereocenters. The molecule has 0 bridgehead atoms. The van der Waals surface area contributed by atoms with Crippen LogP contribution in [0.1, 0.15) is 12.0 Å². The predicted octanol–water partition coefficient (Wildman–Crippen LogP) is 0.927. The molecule has 0 fully saturated rings. The van der Waals surface area contributed by atoms with Gasteiger partial charge in [0.25, 0.3) is 5.91 Å². The van der Waals surface area contributed by atoms with E-state index >= 15 is 0 Å². The highest BCUT2D eigenvalue weighted by atomic mass is 16.2. The van der Waals surface area contributed by atoms with E-state index in [-0.39, 0.29) is 6.42 Å². The van der Waals surface area contributed by atoms with Gasteiger partial charge >= 0.3 is 0 Å². The first kappa shape index (κ1) is 10.8. The number of nitrogens with zero attached hydrogens (tertiary/aromatic N) is 3. The third-order valence-corrected chi connectivity index (χ3v) is 2.12. The topological polar surface area (TPSA) is 93.9 Å². The highest BCUT2D eigenvalue weighted by Crippen LogP contribution is 2.12. The molecule has 17 heavy (non-hydrogen) atoms. The number of aromatic nitrogens is 2. The van der Waals surface area contributed by atoms with Crippen LogP contribution in [0.5, 0.6) is 0 Å². The Morgan fingerprint density at radius 1 is 1.71 bits per heavy atom. The van der Waals surface area contributed by atoms with Crippen LogP contribution in [0.2, 0.25) is 0 Å². The molecule has 2 heterocycles. The highest BCUT2D eigenvalue weighted by Gasteiger charge is 2.01. The van der Waals surface area contributed by atoms with E-state index < -0.39 is 5.91 Å². The summed E-state index contributed by atoms with van der Waals surface area (Å²) in [5, 5.41) is 13.0. The average Bonchev–Trinajstić information content (AvgIpc) is 2.73. The summed E-state index contributed by atoms with van der Waals surface area (Å²) in [6.07, 6.45) is 4.74. The zero-order valence-electron chi connectivity index (χ0n) is 8.84. The molecule has 6 nitrogen and oxygen atoms in total. The van der Waals surface area contributed by atoms with Gasteiger partial charge in [-0.15, -0.1) is 0 Å². The summed E-state index contributed by atoms with van der Waals surface area (Å²) in [7, 11) is 0. The van der Waals surface area contributed by atoms with Gasteiger partial charge in [0.05, 0.1) is 12.3 Å². The summed E-state index contributed by atoms with van der Waals surface area (Å²) < 4.78 is 0. The van der Waals surface area contributed by atoms with Crippen LogP contribution in [0.15, 0.2) is 29.6 Å². The van der Waals surface area contributed by atoms with Crippen LogP contribution in [0, 0.1) is 11.3 Å². The Kier molecular flexibility index (Phi) is 3.12. The zero-order valence-corrected chi connectivity index (χ0v) is 8.84. The first-order chi connectivity index (χ1) is 8.31. The summed E-state index contributed by atoms with van der Waals surface area (Å²) in [6.45, 7) is 0. The van der Waals surface area contributed by atoms with Crippen molar-refractivity contribution in [2.24, 2.45) is 5.10 Å². The second-order valence-corrected chi connectivity index (χ2v) is 3.27. The number of hydrazone groups is 1. The van der Waals surface area contributed by atoms with Crippen molar-refractivity contribution in [1.82, 2.24) is 15.4 Å². The molecule has 2 aromatic heterocycles. The van der Waals surface area contributed by atoms with Crippen molar-refractivity contribution in [2.45, 2.75) is 6.42 Å². The minimum Gasteiger partial charge on any atom is -0.345 e. The van der Waals surface area contributed by atoms with E-state index in [0.29, 0.717) is 0 Å². The summed E-state index contributed by atoms with van der Waals surface area (Å²) in [4.78, 5) is 18.1. The fourth-order valence-corrected chi connectivity index (χ4v) is 1.37. The van der Waals surface area contributed by atoms with Crippen molar-refractivity contribution in [3.8, 4) is 6.07 Å². The fraction of sp³-hybridized carbons (Fsp3) is 0.0909. The molecule has 0 aliphatic rings. The molecule has 0 unspecified atom stereocenters. The van der Waals surface area contributed by atoms with Gasteiger partial charge in [0.1, 0.15) is 12.1 Å². The van der Waals surface area contributed by atoms with Gasteiger partial charge in [-0.1, -0.05) is 0 Å². The van der Waals surface area contributed by atoms with Gasteiger partial charge in [-0.05, 0) is 12.1 Å². The van der Waals surface area contributed by atoms with Gasteiger partial charge in [-0.3, -0.25) is 4.79 Å². The summed E-state index contributed by atoms with van der Waals surface area (Å²) >= 11 is 0. The number of hydrogen-bond donors (Lipinski definition) is 2. The molecule has 0 aromatic carbocycles. The number of nitrogens with one attached hydrogen (secondary N) is 2. The smallest absolute Gasteiger partial charge is 0.254 e. The van der Waals surface area contributed by atoms with Crippen LogP contribution in [0.3, 0.4) is 0 Å². The molecule has 2 rings (SSSR count). The minimum atomic E-state index is -0.429. The van der Waals surface area contributed by atoms with E-state index in [2.05, 4.69) is 20.5 Å². The number of carbonyl (C=O) groups is 1. The molecule has 6 heteroatoms. The van der Waals surface area contributed by atoms with Crippen molar-refractivity contribution in [3.63, 3.8) is 0 Å². The number of fused-ring (bicyclic) bond motifs is 1. The molecule has 0 saturated heterocycles. The van der Waals surface area contributed by atoms with Crippen LogP contribution in [0.25, 0.3) is 11.0 Å². The maximum Gasteiger partial charge on any atom is 0.254 e. The summed E-state index contributed by atoms with van der Waals surface area (Å²) in [6, 6.07) is 5.46. The van der Waals surface area contributed by atoms with E-state index in [1.54, 1.807) is 18.5 Å². The number of pyridine rings is 1. The largest absolute Gasteiger partial charge is 0.345 e. The lowest BCUT2D eigenvalue weighted by Crippen LogP contribution is -2.16. The number of carbonyl (C=O) groups excluding carboxylic acids is 1. The second-order valence-electron chi connectivity index (χ2n) is 3.27. The second kappa shape index (κ2) is 4.90. The maximum absolute atomic E-state index is 11.0. The fourth-order valence-electron chi connectivity index (χ4n) is 1.37. The molecular weight excluding hydrogens is 218 g/mol. The third kappa shape index (κ3) is 2.46. The van der Waals surface area contributed by atoms with Crippen molar-refractivity contribution < 1.29 is 4.79 Å². The molecule has 0 aliphatic carbocycles. The Labute approximate surface area is 97.0 Å². The van der Waals surface area contributed by atoms with Crippen LogP contribution in [-0.4, -0.2) is 22.1 Å². The Bertz CT molecular complexity index is 608. The van der Waals surface area contributed by atoms with Crippen molar-refractivity contribution in [1.29, 1.82) is 5.26 Å². The number of amides is 1. The molecular formula is C11H9N5O. The minimum absolute atomic E-state index is 0.202. The standard InChI is InChI=1S/C11H9N5O/c12-4-3-10(17)16-15-7-8-6-14-11-9(8)2-1-5-13-11/h1-2,5-7H,3H2,(H,13,14)(H,16,17)/b15-7+. The lowest BCUT2D eigenvalue weighted by Gasteiger charge is -1.92. The zero-order chi connectivity index (χ0) is 12.1. The van der Waals surface area contributed by atoms with Crippen LogP contribution >= 0.6 is 0 Å². The van der Waals surface area contributed by atoms with Gasteiger partial charge < -0.3 is 4.98 Å². The number of nitriles is 1. The molecule has 1 amide bonds. The van der Waals surface area contributed by atoms with E-state index in [0.717, 1.165) is 16.6 Å². The molecule has 0 aliphatic heterocycles. The normalized spacial score (nSPS) is 10.5. The lowest BCUT2D eigenvalue weighted by molar-refractivity contribution is -0.120. The van der Waals surface area contributed by atoms with E-state index in [1.165, 1.54) is 6.21 Å². The molecule has 2 N–H and O–H groups in total. The first-order valence-corrected chi connectivity index (χ1v) is 4.92. The third-order valence-electron chi connectivity index (χ3n) is 2.12. The van der Waals surface area contributed by atoms with Gasteiger partial charge in [0, 0.05) is 23.3 Å². The average molecular weight is 227 g/mol. The van der Waals surface area contributed by atoms with E-state index in [9.17, 15) is 4.79 Å². The number of H-pyrrole nitrogens is 1. The van der Waals surface area contributed by atoms with E-state index in [4.69, 9.17) is 5.26 Å². The molecule has 0 radical (unpaired) electrons. The molecule has 0 saturated carbocycles. The Hall–Kier alpha value is -2.68. The molecule has 84 valence electrons. The lowest BCUT2D eigenvalue weighted by atomic mass is 10.2. The number of aromatic amines is 1. The van der Waals surface area contributed by atoms with Gasteiger partial charge in [-0.25, -0.2) is 10.4 Å². The Morgan fingerprint density at radius 2 is 2.59 bits per heavy atom. The number of hydrogen-bond acceptors (Lipinski definition) is 4. The molecule has 0 spiro atoms. The quantitative estimate of drug-likeness (QED) is 0.603. The monoisotopic (exact) mass is 227 g/mol. The van der Waals surface area contributed by atoms with Crippen LogP contribution < -0.4 is 5.43 Å². The molecule has 2 aromatic rings. The van der Waals surface area contributed by atoms with Gasteiger partial charge in [0.15, 0.2) is 0 Å². The van der Waals surface area contributed by atoms with Gasteiger partial charge in [-0.2, -0.15) is 10.4 Å². The van der Waals surface area contributed by atoms with Gasteiger partial charge in [0.2, 0.25) is 0 Å². The summed E-state index contributed by atoms with van der Waals surface area (Å²) in [5.41, 5.74) is 3.85. The van der Waals surface area contributed by atoms with E-state index in [1.807, 2.05) is 12.1 Å². The SMILES string of the molecule is N#CCC(=O)N/N=C/c1c[nH]c2ncccc12. The predicted molar refractivity (Wildman–Crippen MR) is 62.1 cm³/mol. The maximum atomic E-state index is 11.0. The van der Waals surface area contributed by atoms with Crippen molar-refractivity contribution in [2.75, 3.05) is 0 Å². The first-order valence-electron chi connectivity index (χ1n) is 4.92. The van der Waals surface area contributed by atoms with Crippen molar-refractivity contribution >= 4 is 23.2 Å². The van der Waals surface area contributed by atoms with Crippen molar-refractivity contribution in [3.05, 3.63) is 30.1 Å². The number of rotatable bonds is 3. The van der Waals surface area contributed by atoms with Crippen LogP contribution in [0.4, 0.5) is 0 Å². The summed E-state index contributed by atoms with van der Waals surface area (Å²) in [5.74, 6) is -0.429. The van der Waals surface area contributed by atoms with Crippen LogP contribution in [-0.2, 0) is 4.79 Å².